The molecule has 24 heavy (non-hydrogen) atoms. The van der Waals surface area contributed by atoms with E-state index in [1.807, 2.05) is 24.3 Å². The first-order chi connectivity index (χ1) is 11.9. The van der Waals surface area contributed by atoms with Crippen molar-refractivity contribution in [2.75, 3.05) is 0 Å². The predicted molar refractivity (Wildman–Crippen MR) is 100 cm³/mol. The Bertz CT molecular complexity index is 857. The Morgan fingerprint density at radius 2 is 0.708 bits per heavy atom. The maximum Gasteiger partial charge on any atom is -0.00992 e. The molecular weight excluding hydrogens is 288 g/mol. The first-order valence-corrected chi connectivity index (χ1v) is 8.05. The van der Waals surface area contributed by atoms with Gasteiger partial charge in [-0.1, -0.05) is 97.1 Å². The van der Waals surface area contributed by atoms with Crippen molar-refractivity contribution in [2.24, 2.45) is 0 Å². The van der Waals surface area contributed by atoms with Crippen LogP contribution in [0.4, 0.5) is 0 Å². The van der Waals surface area contributed by atoms with Gasteiger partial charge in [0.2, 0.25) is 0 Å². The standard InChI is InChI=1S/C24H16/c1-3-11-19(12-4-1)21-15-7-9-17-23(21)24-18-10-8-16-22(24)20-13-5-2-6-14-20/h3-18H. The molecule has 112 valence electrons. The lowest BCUT2D eigenvalue weighted by molar-refractivity contribution is 1.56. The lowest BCUT2D eigenvalue weighted by Gasteiger charge is -2.14. The van der Waals surface area contributed by atoms with Crippen LogP contribution in [0, 0.1) is 12.1 Å². The van der Waals surface area contributed by atoms with Crippen LogP contribution in [-0.4, -0.2) is 0 Å². The van der Waals surface area contributed by atoms with E-state index in [1.165, 1.54) is 33.4 Å². The molecule has 4 aromatic carbocycles. The highest BCUT2D eigenvalue weighted by atomic mass is 14.1. The summed E-state index contributed by atoms with van der Waals surface area (Å²) in [5, 5.41) is 0. The van der Waals surface area contributed by atoms with Gasteiger partial charge in [0.15, 0.2) is 0 Å². The van der Waals surface area contributed by atoms with Gasteiger partial charge < -0.3 is 0 Å². The normalized spacial score (nSPS) is 10.5. The van der Waals surface area contributed by atoms with Crippen LogP contribution in [0.2, 0.25) is 0 Å². The van der Waals surface area contributed by atoms with Crippen molar-refractivity contribution in [3.63, 3.8) is 0 Å². The van der Waals surface area contributed by atoms with Gasteiger partial charge in [-0.3, -0.25) is 0 Å². The first-order valence-electron chi connectivity index (χ1n) is 8.05. The largest absolute Gasteiger partial charge is 0.0616 e. The molecule has 0 saturated carbocycles. The van der Waals surface area contributed by atoms with Gasteiger partial charge in [0.05, 0.1) is 0 Å². The lowest BCUT2D eigenvalue weighted by atomic mass is 9.89. The summed E-state index contributed by atoms with van der Waals surface area (Å²) in [5.41, 5.74) is 7.38. The van der Waals surface area contributed by atoms with Crippen molar-refractivity contribution < 1.29 is 0 Å². The van der Waals surface area contributed by atoms with Crippen molar-refractivity contribution in [3.8, 4) is 33.4 Å². The van der Waals surface area contributed by atoms with E-state index in [2.05, 4.69) is 84.9 Å². The molecule has 0 aliphatic carbocycles. The van der Waals surface area contributed by atoms with Crippen LogP contribution in [0.15, 0.2) is 97.1 Å². The van der Waals surface area contributed by atoms with E-state index in [9.17, 15) is 0 Å². The van der Waals surface area contributed by atoms with Crippen LogP contribution in [-0.2, 0) is 0 Å². The zero-order chi connectivity index (χ0) is 16.2. The Kier molecular flexibility index (Phi) is 3.95. The SMILES string of the molecule is [c]1ccc(-c2ccccc2-c2ccccc2-c2cc[c]cc2)cc1. The summed E-state index contributed by atoms with van der Waals surface area (Å²) in [7, 11) is 0. The van der Waals surface area contributed by atoms with Gasteiger partial charge in [-0.25, -0.2) is 0 Å². The summed E-state index contributed by atoms with van der Waals surface area (Å²) in [5.74, 6) is 0. The summed E-state index contributed by atoms with van der Waals surface area (Å²) < 4.78 is 0. The van der Waals surface area contributed by atoms with Gasteiger partial charge in [0.1, 0.15) is 0 Å². The molecule has 0 aliphatic heterocycles. The van der Waals surface area contributed by atoms with Crippen molar-refractivity contribution in [3.05, 3.63) is 109 Å². The van der Waals surface area contributed by atoms with Gasteiger partial charge >= 0.3 is 0 Å². The second kappa shape index (κ2) is 6.55. The summed E-state index contributed by atoms with van der Waals surface area (Å²) in [4.78, 5) is 0. The molecule has 0 fully saturated rings. The van der Waals surface area contributed by atoms with E-state index in [4.69, 9.17) is 0 Å². The third-order valence-corrected chi connectivity index (χ3v) is 4.20. The van der Waals surface area contributed by atoms with E-state index < -0.39 is 0 Å². The molecule has 0 N–H and O–H groups in total. The van der Waals surface area contributed by atoms with Gasteiger partial charge in [-0.15, -0.1) is 0 Å². The number of hydrogen-bond acceptors (Lipinski definition) is 0. The van der Waals surface area contributed by atoms with E-state index in [1.54, 1.807) is 0 Å². The molecule has 4 rings (SSSR count). The highest BCUT2D eigenvalue weighted by Crippen LogP contribution is 2.37. The quantitative estimate of drug-likeness (QED) is 0.417. The molecular formula is C24H16. The van der Waals surface area contributed by atoms with E-state index in [-0.39, 0.29) is 0 Å². The topological polar surface area (TPSA) is 0 Å². The highest BCUT2D eigenvalue weighted by molar-refractivity contribution is 5.91. The second-order valence-electron chi connectivity index (χ2n) is 5.67. The monoisotopic (exact) mass is 304 g/mol. The van der Waals surface area contributed by atoms with Crippen LogP contribution in [0.25, 0.3) is 33.4 Å². The maximum atomic E-state index is 3.10. The van der Waals surface area contributed by atoms with E-state index in [0.717, 1.165) is 0 Å². The fraction of sp³-hybridized carbons (Fsp3) is 0. The molecule has 0 spiro atoms. The second-order valence-corrected chi connectivity index (χ2v) is 5.67. The average Bonchev–Trinajstić information content (AvgIpc) is 2.69. The van der Waals surface area contributed by atoms with E-state index >= 15 is 0 Å². The summed E-state index contributed by atoms with van der Waals surface area (Å²) in [6.07, 6.45) is 0. The Morgan fingerprint density at radius 1 is 0.375 bits per heavy atom. The van der Waals surface area contributed by atoms with Crippen LogP contribution in [0.5, 0.6) is 0 Å². The molecule has 0 aromatic heterocycles. The molecule has 4 aromatic rings. The average molecular weight is 304 g/mol. The minimum atomic E-state index is 1.21. The van der Waals surface area contributed by atoms with Crippen LogP contribution in [0.3, 0.4) is 0 Å². The van der Waals surface area contributed by atoms with Crippen LogP contribution < -0.4 is 0 Å². The molecule has 0 aliphatic rings. The summed E-state index contributed by atoms with van der Waals surface area (Å²) in [6.45, 7) is 0. The molecule has 0 atom stereocenters. The molecule has 0 unspecified atom stereocenters. The molecule has 0 amide bonds. The van der Waals surface area contributed by atoms with Crippen molar-refractivity contribution in [1.82, 2.24) is 0 Å². The molecule has 0 saturated heterocycles. The van der Waals surface area contributed by atoms with Gasteiger partial charge in [-0.2, -0.15) is 0 Å². The molecule has 2 radical (unpaired) electrons. The van der Waals surface area contributed by atoms with Crippen molar-refractivity contribution in [1.29, 1.82) is 0 Å². The smallest absolute Gasteiger partial charge is 0.00992 e. The Balaban J connectivity index is 1.93. The van der Waals surface area contributed by atoms with E-state index in [0.29, 0.717) is 0 Å². The van der Waals surface area contributed by atoms with Crippen LogP contribution >= 0.6 is 0 Å². The fourth-order valence-corrected chi connectivity index (χ4v) is 3.07. The Labute approximate surface area is 143 Å². The number of rotatable bonds is 3. The van der Waals surface area contributed by atoms with Crippen molar-refractivity contribution >= 4 is 0 Å². The maximum absolute atomic E-state index is 3.10. The van der Waals surface area contributed by atoms with Gasteiger partial charge in [0.25, 0.3) is 0 Å². The number of benzene rings is 4. The van der Waals surface area contributed by atoms with Crippen molar-refractivity contribution in [2.45, 2.75) is 0 Å². The molecule has 0 heteroatoms. The van der Waals surface area contributed by atoms with Crippen LogP contribution in [0.1, 0.15) is 0 Å². The predicted octanol–water partition coefficient (Wildman–Crippen LogP) is 6.29. The summed E-state index contributed by atoms with van der Waals surface area (Å²) >= 11 is 0. The Hall–Kier alpha value is -3.12. The lowest BCUT2D eigenvalue weighted by Crippen LogP contribution is -1.88. The zero-order valence-electron chi connectivity index (χ0n) is 13.2. The zero-order valence-corrected chi connectivity index (χ0v) is 13.2. The third-order valence-electron chi connectivity index (χ3n) is 4.20. The first kappa shape index (κ1) is 14.5. The third kappa shape index (κ3) is 2.75. The molecule has 0 heterocycles. The van der Waals surface area contributed by atoms with Gasteiger partial charge in [0, 0.05) is 0 Å². The highest BCUT2D eigenvalue weighted by Gasteiger charge is 2.11. The molecule has 0 bridgehead atoms. The Morgan fingerprint density at radius 3 is 1.08 bits per heavy atom. The fourth-order valence-electron chi connectivity index (χ4n) is 3.07. The summed E-state index contributed by atoms with van der Waals surface area (Å²) in [6, 6.07) is 39.6. The molecule has 0 nitrogen and oxygen atoms in total. The van der Waals surface area contributed by atoms with Gasteiger partial charge in [-0.05, 0) is 45.5 Å². The minimum absolute atomic E-state index is 1.21. The number of hydrogen-bond donors (Lipinski definition) is 0. The minimum Gasteiger partial charge on any atom is -0.0616 e.